The number of hydrogen-bond donors (Lipinski definition) is 1. The van der Waals surface area contributed by atoms with E-state index in [-0.39, 0.29) is 0 Å². The van der Waals surface area contributed by atoms with Crippen molar-refractivity contribution < 1.29 is 5.11 Å². The minimum atomic E-state index is -0.412. The SMILES string of the molecule is Cc1sc2nc(-c3ccccc3)nc(N(C)CC(C)O)c2c1C. The first-order valence-electron chi connectivity index (χ1n) is 7.69. The van der Waals surface area contributed by atoms with E-state index in [1.54, 1.807) is 18.3 Å². The van der Waals surface area contributed by atoms with Crippen molar-refractivity contribution in [1.82, 2.24) is 9.97 Å². The van der Waals surface area contributed by atoms with Gasteiger partial charge >= 0.3 is 0 Å². The van der Waals surface area contributed by atoms with E-state index in [1.807, 2.05) is 42.3 Å². The van der Waals surface area contributed by atoms with Gasteiger partial charge in [-0.15, -0.1) is 11.3 Å². The summed E-state index contributed by atoms with van der Waals surface area (Å²) in [5, 5.41) is 10.8. The Balaban J connectivity index is 2.22. The molecule has 4 nitrogen and oxygen atoms in total. The summed E-state index contributed by atoms with van der Waals surface area (Å²) in [7, 11) is 1.97. The van der Waals surface area contributed by atoms with E-state index in [0.717, 1.165) is 27.4 Å². The van der Waals surface area contributed by atoms with Gasteiger partial charge in [-0.3, -0.25) is 0 Å². The third kappa shape index (κ3) is 3.07. The van der Waals surface area contributed by atoms with Crippen molar-refractivity contribution in [3.05, 3.63) is 40.8 Å². The molecule has 0 aliphatic rings. The molecule has 3 rings (SSSR count). The van der Waals surface area contributed by atoms with Gasteiger partial charge in [-0.25, -0.2) is 9.97 Å². The fourth-order valence-electron chi connectivity index (χ4n) is 2.70. The summed E-state index contributed by atoms with van der Waals surface area (Å²) in [4.78, 5) is 13.8. The number of nitrogens with zero attached hydrogens (tertiary/aromatic N) is 3. The number of anilines is 1. The van der Waals surface area contributed by atoms with Gasteiger partial charge in [0.25, 0.3) is 0 Å². The normalized spacial score (nSPS) is 12.6. The summed E-state index contributed by atoms with van der Waals surface area (Å²) in [6.07, 6.45) is -0.412. The van der Waals surface area contributed by atoms with Crippen LogP contribution in [0.2, 0.25) is 0 Å². The summed E-state index contributed by atoms with van der Waals surface area (Å²) >= 11 is 1.70. The summed E-state index contributed by atoms with van der Waals surface area (Å²) in [5.74, 6) is 1.61. The maximum absolute atomic E-state index is 9.73. The highest BCUT2D eigenvalue weighted by Gasteiger charge is 2.18. The minimum Gasteiger partial charge on any atom is -0.392 e. The second-order valence-electron chi connectivity index (χ2n) is 5.93. The average Bonchev–Trinajstić information content (AvgIpc) is 2.81. The van der Waals surface area contributed by atoms with Gasteiger partial charge in [0.1, 0.15) is 10.6 Å². The highest BCUT2D eigenvalue weighted by Crippen LogP contribution is 2.36. The molecule has 0 aliphatic carbocycles. The van der Waals surface area contributed by atoms with Crippen molar-refractivity contribution in [3.63, 3.8) is 0 Å². The minimum absolute atomic E-state index is 0.412. The standard InChI is InChI=1S/C18H21N3OS/c1-11(22)10-21(4)17-15-12(2)13(3)23-18(15)20-16(19-17)14-8-6-5-7-9-14/h5-9,11,22H,10H2,1-4H3. The summed E-state index contributed by atoms with van der Waals surface area (Å²) in [5.41, 5.74) is 2.22. The number of aromatic nitrogens is 2. The van der Waals surface area contributed by atoms with Gasteiger partial charge in [0.15, 0.2) is 5.82 Å². The zero-order valence-electron chi connectivity index (χ0n) is 13.9. The van der Waals surface area contributed by atoms with E-state index in [0.29, 0.717) is 6.54 Å². The molecular formula is C18H21N3OS. The number of hydrogen-bond acceptors (Lipinski definition) is 5. The van der Waals surface area contributed by atoms with Crippen molar-refractivity contribution in [3.8, 4) is 11.4 Å². The van der Waals surface area contributed by atoms with Gasteiger partial charge in [-0.1, -0.05) is 30.3 Å². The van der Waals surface area contributed by atoms with E-state index < -0.39 is 6.10 Å². The van der Waals surface area contributed by atoms with Gasteiger partial charge in [-0.05, 0) is 26.3 Å². The third-order valence-electron chi connectivity index (χ3n) is 3.94. The first-order valence-corrected chi connectivity index (χ1v) is 8.51. The summed E-state index contributed by atoms with van der Waals surface area (Å²) in [6.45, 7) is 6.55. The molecule has 0 amide bonds. The number of aliphatic hydroxyl groups excluding tert-OH is 1. The lowest BCUT2D eigenvalue weighted by atomic mass is 10.1. The Labute approximate surface area is 140 Å². The van der Waals surface area contributed by atoms with Gasteiger partial charge in [0.05, 0.1) is 11.5 Å². The Morgan fingerprint density at radius 1 is 1.17 bits per heavy atom. The Kier molecular flexibility index (Phi) is 4.33. The first kappa shape index (κ1) is 15.9. The topological polar surface area (TPSA) is 49.2 Å². The molecule has 0 saturated carbocycles. The molecule has 23 heavy (non-hydrogen) atoms. The lowest BCUT2D eigenvalue weighted by molar-refractivity contribution is 0.201. The maximum Gasteiger partial charge on any atom is 0.163 e. The zero-order valence-corrected chi connectivity index (χ0v) is 14.7. The molecule has 1 atom stereocenters. The van der Waals surface area contributed by atoms with Crippen LogP contribution in [0, 0.1) is 13.8 Å². The molecule has 0 saturated heterocycles. The lowest BCUT2D eigenvalue weighted by Crippen LogP contribution is -2.28. The number of benzene rings is 1. The fraction of sp³-hybridized carbons (Fsp3) is 0.333. The zero-order chi connectivity index (χ0) is 16.6. The lowest BCUT2D eigenvalue weighted by Gasteiger charge is -2.21. The van der Waals surface area contributed by atoms with E-state index in [1.165, 1.54) is 10.4 Å². The van der Waals surface area contributed by atoms with Crippen LogP contribution in [-0.2, 0) is 0 Å². The van der Waals surface area contributed by atoms with E-state index >= 15 is 0 Å². The van der Waals surface area contributed by atoms with Crippen LogP contribution in [0.4, 0.5) is 5.82 Å². The van der Waals surface area contributed by atoms with Gasteiger partial charge in [0.2, 0.25) is 0 Å². The van der Waals surface area contributed by atoms with Crippen LogP contribution < -0.4 is 4.90 Å². The van der Waals surface area contributed by atoms with Crippen molar-refractivity contribution in [1.29, 1.82) is 0 Å². The number of aliphatic hydroxyl groups is 1. The molecule has 3 aromatic rings. The van der Waals surface area contributed by atoms with Crippen LogP contribution in [0.1, 0.15) is 17.4 Å². The second kappa shape index (κ2) is 6.26. The number of fused-ring (bicyclic) bond motifs is 1. The molecule has 0 aliphatic heterocycles. The first-order chi connectivity index (χ1) is 11.0. The van der Waals surface area contributed by atoms with Crippen LogP contribution >= 0.6 is 11.3 Å². The number of rotatable bonds is 4. The fourth-order valence-corrected chi connectivity index (χ4v) is 3.73. The molecule has 0 bridgehead atoms. The maximum atomic E-state index is 9.73. The van der Waals surface area contributed by atoms with Crippen molar-refractivity contribution >= 4 is 27.4 Å². The smallest absolute Gasteiger partial charge is 0.163 e. The van der Waals surface area contributed by atoms with Gasteiger partial charge in [-0.2, -0.15) is 0 Å². The third-order valence-corrected chi connectivity index (χ3v) is 5.04. The molecule has 1 aromatic carbocycles. The highest BCUT2D eigenvalue weighted by molar-refractivity contribution is 7.18. The molecule has 120 valence electrons. The van der Waals surface area contributed by atoms with Crippen LogP contribution in [0.15, 0.2) is 30.3 Å². The summed E-state index contributed by atoms with van der Waals surface area (Å²) < 4.78 is 0. The quantitative estimate of drug-likeness (QED) is 0.792. The van der Waals surface area contributed by atoms with Crippen LogP contribution in [-0.4, -0.2) is 34.8 Å². The monoisotopic (exact) mass is 327 g/mol. The number of likely N-dealkylation sites (N-methyl/N-ethyl adjacent to an activating group) is 1. The second-order valence-corrected chi connectivity index (χ2v) is 7.13. The molecule has 0 spiro atoms. The molecule has 2 aromatic heterocycles. The molecule has 0 radical (unpaired) electrons. The molecule has 0 fully saturated rings. The Hall–Kier alpha value is -1.98. The Morgan fingerprint density at radius 3 is 2.52 bits per heavy atom. The van der Waals surface area contributed by atoms with E-state index in [4.69, 9.17) is 9.97 Å². The summed E-state index contributed by atoms with van der Waals surface area (Å²) in [6, 6.07) is 10.0. The molecule has 1 N–H and O–H groups in total. The van der Waals surface area contributed by atoms with Crippen molar-refractivity contribution in [2.75, 3.05) is 18.5 Å². The van der Waals surface area contributed by atoms with Crippen molar-refractivity contribution in [2.24, 2.45) is 0 Å². The predicted octanol–water partition coefficient (Wildman–Crippen LogP) is 3.79. The highest BCUT2D eigenvalue weighted by atomic mass is 32.1. The largest absolute Gasteiger partial charge is 0.392 e. The molecular weight excluding hydrogens is 306 g/mol. The Morgan fingerprint density at radius 2 is 1.87 bits per heavy atom. The Bertz CT molecular complexity index is 827. The van der Waals surface area contributed by atoms with Crippen LogP contribution in [0.3, 0.4) is 0 Å². The molecule has 5 heteroatoms. The molecule has 1 unspecified atom stereocenters. The van der Waals surface area contributed by atoms with Gasteiger partial charge in [0, 0.05) is 24.0 Å². The van der Waals surface area contributed by atoms with Crippen LogP contribution in [0.5, 0.6) is 0 Å². The number of aryl methyl sites for hydroxylation is 2. The van der Waals surface area contributed by atoms with Crippen molar-refractivity contribution in [2.45, 2.75) is 26.9 Å². The van der Waals surface area contributed by atoms with E-state index in [9.17, 15) is 5.11 Å². The predicted molar refractivity (Wildman–Crippen MR) is 97.3 cm³/mol. The van der Waals surface area contributed by atoms with E-state index in [2.05, 4.69) is 13.8 Å². The molecule has 2 heterocycles. The van der Waals surface area contributed by atoms with Crippen LogP contribution in [0.25, 0.3) is 21.6 Å². The van der Waals surface area contributed by atoms with Gasteiger partial charge < -0.3 is 10.0 Å². The number of thiophene rings is 1. The average molecular weight is 327 g/mol.